The summed E-state index contributed by atoms with van der Waals surface area (Å²) >= 11 is 0. The number of amides is 1. The van der Waals surface area contributed by atoms with E-state index in [9.17, 15) is 4.79 Å². The topological polar surface area (TPSA) is 46.3 Å². The first-order valence-electron chi connectivity index (χ1n) is 6.20. The quantitative estimate of drug-likeness (QED) is 0.864. The normalized spacial score (nSPS) is 11.5. The fourth-order valence-electron chi connectivity index (χ4n) is 1.69. The van der Waals surface area contributed by atoms with Crippen molar-refractivity contribution in [3.8, 4) is 0 Å². The lowest BCUT2D eigenvalue weighted by Crippen LogP contribution is -2.31. The van der Waals surface area contributed by atoms with Crippen LogP contribution in [0.15, 0.2) is 30.3 Å². The van der Waals surface area contributed by atoms with E-state index in [4.69, 9.17) is 5.73 Å². The van der Waals surface area contributed by atoms with Crippen molar-refractivity contribution >= 4 is 18.3 Å². The summed E-state index contributed by atoms with van der Waals surface area (Å²) in [5.74, 6) is 0.189. The highest BCUT2D eigenvalue weighted by Crippen LogP contribution is 2.07. The van der Waals surface area contributed by atoms with Crippen LogP contribution in [0.4, 0.5) is 0 Å². The molecule has 0 aromatic heterocycles. The predicted octanol–water partition coefficient (Wildman–Crippen LogP) is 2.58. The van der Waals surface area contributed by atoms with Gasteiger partial charge in [0.2, 0.25) is 5.91 Å². The third kappa shape index (κ3) is 6.03. The summed E-state index contributed by atoms with van der Waals surface area (Å²) in [5, 5.41) is 0. The van der Waals surface area contributed by atoms with E-state index in [2.05, 4.69) is 0 Å². The number of benzene rings is 1. The van der Waals surface area contributed by atoms with Crippen molar-refractivity contribution in [2.45, 2.75) is 39.3 Å². The van der Waals surface area contributed by atoms with Crippen LogP contribution in [-0.2, 0) is 11.3 Å². The average molecular weight is 271 g/mol. The van der Waals surface area contributed by atoms with Crippen LogP contribution >= 0.6 is 12.4 Å². The van der Waals surface area contributed by atoms with Gasteiger partial charge in [0.1, 0.15) is 0 Å². The molecule has 1 unspecified atom stereocenters. The van der Waals surface area contributed by atoms with E-state index in [-0.39, 0.29) is 24.4 Å². The third-order valence-corrected chi connectivity index (χ3v) is 2.76. The van der Waals surface area contributed by atoms with Gasteiger partial charge in [0.25, 0.3) is 0 Å². The van der Waals surface area contributed by atoms with E-state index in [0.717, 1.165) is 13.0 Å². The maximum absolute atomic E-state index is 12.0. The summed E-state index contributed by atoms with van der Waals surface area (Å²) in [6.07, 6.45) is 1.29. The number of nitrogens with two attached hydrogens (primary N) is 1. The summed E-state index contributed by atoms with van der Waals surface area (Å²) in [6.45, 7) is 5.37. The summed E-state index contributed by atoms with van der Waals surface area (Å²) < 4.78 is 0. The molecule has 4 heteroatoms. The van der Waals surface area contributed by atoms with Crippen LogP contribution in [-0.4, -0.2) is 23.4 Å². The lowest BCUT2D eigenvalue weighted by molar-refractivity contribution is -0.131. The fraction of sp³-hybridized carbons (Fsp3) is 0.500. The molecule has 0 aliphatic heterocycles. The van der Waals surface area contributed by atoms with Crippen LogP contribution in [0.5, 0.6) is 0 Å². The van der Waals surface area contributed by atoms with Gasteiger partial charge < -0.3 is 10.6 Å². The highest BCUT2D eigenvalue weighted by molar-refractivity contribution is 5.85. The molecule has 0 aliphatic rings. The van der Waals surface area contributed by atoms with Gasteiger partial charge in [-0.2, -0.15) is 0 Å². The van der Waals surface area contributed by atoms with Gasteiger partial charge >= 0.3 is 0 Å². The largest absolute Gasteiger partial charge is 0.339 e. The van der Waals surface area contributed by atoms with E-state index in [1.807, 2.05) is 49.1 Å². The molecule has 0 saturated carbocycles. The van der Waals surface area contributed by atoms with Gasteiger partial charge in [-0.25, -0.2) is 0 Å². The first-order chi connectivity index (χ1) is 8.13. The lowest BCUT2D eigenvalue weighted by Gasteiger charge is -2.21. The minimum atomic E-state index is 0. The number of rotatable bonds is 6. The van der Waals surface area contributed by atoms with Crippen LogP contribution < -0.4 is 5.73 Å². The summed E-state index contributed by atoms with van der Waals surface area (Å²) in [4.78, 5) is 13.8. The van der Waals surface area contributed by atoms with Crippen molar-refractivity contribution in [3.63, 3.8) is 0 Å². The molecule has 0 fully saturated rings. The Kier molecular flexibility index (Phi) is 8.42. The maximum atomic E-state index is 12.0. The molecule has 18 heavy (non-hydrogen) atoms. The molecule has 0 saturated heterocycles. The molecule has 1 aromatic carbocycles. The number of hydrogen-bond donors (Lipinski definition) is 1. The molecular formula is C14H23ClN2O. The van der Waals surface area contributed by atoms with E-state index in [1.165, 1.54) is 5.56 Å². The number of nitrogens with zero attached hydrogens (tertiary/aromatic N) is 1. The number of hydrogen-bond acceptors (Lipinski definition) is 2. The minimum Gasteiger partial charge on any atom is -0.339 e. The maximum Gasteiger partial charge on any atom is 0.222 e. The van der Waals surface area contributed by atoms with Gasteiger partial charge in [-0.1, -0.05) is 30.3 Å². The Hall–Kier alpha value is -1.06. The highest BCUT2D eigenvalue weighted by atomic mass is 35.5. The molecule has 0 heterocycles. The van der Waals surface area contributed by atoms with Crippen LogP contribution in [0.1, 0.15) is 32.3 Å². The zero-order valence-corrected chi connectivity index (χ0v) is 12.0. The van der Waals surface area contributed by atoms with Gasteiger partial charge in [-0.05, 0) is 25.8 Å². The highest BCUT2D eigenvalue weighted by Gasteiger charge is 2.12. The molecule has 0 spiro atoms. The molecule has 1 rings (SSSR count). The second kappa shape index (κ2) is 8.95. The van der Waals surface area contributed by atoms with Crippen molar-refractivity contribution in [1.29, 1.82) is 0 Å². The average Bonchev–Trinajstić information content (AvgIpc) is 2.34. The molecular weight excluding hydrogens is 248 g/mol. The number of halogens is 1. The first-order valence-corrected chi connectivity index (χ1v) is 6.20. The van der Waals surface area contributed by atoms with E-state index in [1.54, 1.807) is 0 Å². The van der Waals surface area contributed by atoms with Gasteiger partial charge in [-0.15, -0.1) is 12.4 Å². The standard InChI is InChI=1S/C14H22N2O.ClH/c1-3-16(14(17)10-9-12(2)15)11-13-7-5-4-6-8-13;/h4-8,12H,3,9-11,15H2,1-2H3;1H. The Balaban J connectivity index is 0.00000289. The van der Waals surface area contributed by atoms with Crippen molar-refractivity contribution in [2.75, 3.05) is 6.54 Å². The molecule has 3 nitrogen and oxygen atoms in total. The van der Waals surface area contributed by atoms with Gasteiger partial charge in [0, 0.05) is 25.6 Å². The molecule has 0 bridgehead atoms. The molecule has 1 amide bonds. The second-order valence-electron chi connectivity index (χ2n) is 4.41. The molecule has 2 N–H and O–H groups in total. The molecule has 0 radical (unpaired) electrons. The van der Waals surface area contributed by atoms with E-state index in [0.29, 0.717) is 13.0 Å². The Labute approximate surface area is 116 Å². The molecule has 1 atom stereocenters. The van der Waals surface area contributed by atoms with Crippen LogP contribution in [0.25, 0.3) is 0 Å². The van der Waals surface area contributed by atoms with Crippen LogP contribution in [0.3, 0.4) is 0 Å². The van der Waals surface area contributed by atoms with Crippen molar-refractivity contribution < 1.29 is 4.79 Å². The van der Waals surface area contributed by atoms with Gasteiger partial charge in [0.15, 0.2) is 0 Å². The molecule has 102 valence electrons. The molecule has 0 aliphatic carbocycles. The van der Waals surface area contributed by atoms with Gasteiger partial charge in [0.05, 0.1) is 0 Å². The lowest BCUT2D eigenvalue weighted by atomic mass is 10.1. The zero-order valence-electron chi connectivity index (χ0n) is 11.1. The minimum absolute atomic E-state index is 0. The number of carbonyl (C=O) groups is 1. The molecule has 1 aromatic rings. The summed E-state index contributed by atoms with van der Waals surface area (Å²) in [6, 6.07) is 10.2. The van der Waals surface area contributed by atoms with E-state index < -0.39 is 0 Å². The van der Waals surface area contributed by atoms with Crippen LogP contribution in [0, 0.1) is 0 Å². The fourth-order valence-corrected chi connectivity index (χ4v) is 1.69. The van der Waals surface area contributed by atoms with Crippen molar-refractivity contribution in [3.05, 3.63) is 35.9 Å². The summed E-state index contributed by atoms with van der Waals surface area (Å²) in [5.41, 5.74) is 6.83. The van der Waals surface area contributed by atoms with E-state index >= 15 is 0 Å². The van der Waals surface area contributed by atoms with Crippen molar-refractivity contribution in [1.82, 2.24) is 4.90 Å². The second-order valence-corrected chi connectivity index (χ2v) is 4.41. The predicted molar refractivity (Wildman–Crippen MR) is 77.7 cm³/mol. The Bertz CT molecular complexity index is 341. The third-order valence-electron chi connectivity index (χ3n) is 2.76. The van der Waals surface area contributed by atoms with Crippen LogP contribution in [0.2, 0.25) is 0 Å². The smallest absolute Gasteiger partial charge is 0.222 e. The number of carbonyl (C=O) groups excluding carboxylic acids is 1. The summed E-state index contributed by atoms with van der Waals surface area (Å²) in [7, 11) is 0. The van der Waals surface area contributed by atoms with Gasteiger partial charge in [-0.3, -0.25) is 4.79 Å². The Morgan fingerprint density at radius 3 is 2.44 bits per heavy atom. The zero-order chi connectivity index (χ0) is 12.7. The Morgan fingerprint density at radius 2 is 1.94 bits per heavy atom. The monoisotopic (exact) mass is 270 g/mol. The van der Waals surface area contributed by atoms with Crippen molar-refractivity contribution in [2.24, 2.45) is 5.73 Å². The Morgan fingerprint density at radius 1 is 1.33 bits per heavy atom. The first kappa shape index (κ1) is 16.9. The SMILES string of the molecule is CCN(Cc1ccccc1)C(=O)CCC(C)N.Cl.